The first kappa shape index (κ1) is 9.40. The Morgan fingerprint density at radius 3 is 3.07 bits per heavy atom. The summed E-state index contributed by atoms with van der Waals surface area (Å²) in [5.74, 6) is 0.00468. The van der Waals surface area contributed by atoms with Crippen LogP contribution in [-0.4, -0.2) is 23.3 Å². The van der Waals surface area contributed by atoms with Gasteiger partial charge in [0.15, 0.2) is 0 Å². The minimum absolute atomic E-state index is 0.176. The van der Waals surface area contributed by atoms with Gasteiger partial charge in [-0.3, -0.25) is 0 Å². The summed E-state index contributed by atoms with van der Waals surface area (Å²) in [4.78, 5) is 11.2. The molecule has 0 radical (unpaired) electrons. The highest BCUT2D eigenvalue weighted by atomic mass is 16.5. The van der Waals surface area contributed by atoms with Crippen LogP contribution < -0.4 is 0 Å². The summed E-state index contributed by atoms with van der Waals surface area (Å²) in [6.07, 6.45) is 7.74. The minimum atomic E-state index is -0.737. The fourth-order valence-electron chi connectivity index (χ4n) is 3.53. The van der Waals surface area contributed by atoms with Gasteiger partial charge < -0.3 is 9.84 Å². The van der Waals surface area contributed by atoms with Crippen LogP contribution >= 0.6 is 0 Å². The summed E-state index contributed by atoms with van der Waals surface area (Å²) in [6, 6.07) is 0. The molecular formula is C12H16O3. The third-order valence-corrected chi connectivity index (χ3v) is 4.12. The molecule has 0 aromatic rings. The Bertz CT molecular complexity index is 321. The van der Waals surface area contributed by atoms with Gasteiger partial charge in [0.2, 0.25) is 0 Å². The van der Waals surface area contributed by atoms with Gasteiger partial charge in [0.05, 0.1) is 12.2 Å². The molecule has 1 heterocycles. The Morgan fingerprint density at radius 1 is 1.40 bits per heavy atom. The van der Waals surface area contributed by atoms with Crippen LogP contribution in [0.5, 0.6) is 0 Å². The molecule has 4 unspecified atom stereocenters. The molecule has 3 heteroatoms. The van der Waals surface area contributed by atoms with Gasteiger partial charge in [-0.15, -0.1) is 0 Å². The second kappa shape index (κ2) is 3.34. The third kappa shape index (κ3) is 1.41. The second-order valence-electron chi connectivity index (χ2n) is 4.94. The molecule has 1 saturated heterocycles. The lowest BCUT2D eigenvalue weighted by Gasteiger charge is -2.39. The molecule has 2 fully saturated rings. The number of hydrogen-bond donors (Lipinski definition) is 1. The highest BCUT2D eigenvalue weighted by Crippen LogP contribution is 2.47. The number of aliphatic carboxylic acids is 1. The number of allylic oxidation sites excluding steroid dienone is 1. The first-order chi connectivity index (χ1) is 7.25. The Labute approximate surface area is 89.1 Å². The number of carboxylic acids is 1. The molecule has 0 spiro atoms. The molecule has 3 nitrogen and oxygen atoms in total. The lowest BCUT2D eigenvalue weighted by Crippen LogP contribution is -2.40. The van der Waals surface area contributed by atoms with Gasteiger partial charge in [-0.1, -0.05) is 6.08 Å². The quantitative estimate of drug-likeness (QED) is 0.716. The predicted octanol–water partition coefficient (Wildman–Crippen LogP) is 1.97. The van der Waals surface area contributed by atoms with E-state index in [1.807, 2.05) is 6.08 Å². The Hall–Kier alpha value is -0.830. The Morgan fingerprint density at radius 2 is 2.27 bits per heavy atom. The summed E-state index contributed by atoms with van der Waals surface area (Å²) in [6.45, 7) is 0. The maximum absolute atomic E-state index is 11.2. The molecule has 3 aliphatic rings. The van der Waals surface area contributed by atoms with E-state index in [1.54, 1.807) is 0 Å². The summed E-state index contributed by atoms with van der Waals surface area (Å²) >= 11 is 0. The van der Waals surface area contributed by atoms with Gasteiger partial charge >= 0.3 is 5.97 Å². The highest BCUT2D eigenvalue weighted by molar-refractivity contribution is 5.87. The monoisotopic (exact) mass is 208 g/mol. The summed E-state index contributed by atoms with van der Waals surface area (Å²) < 4.78 is 5.96. The molecular weight excluding hydrogens is 192 g/mol. The van der Waals surface area contributed by atoms with E-state index in [2.05, 4.69) is 0 Å². The summed E-state index contributed by atoms with van der Waals surface area (Å²) in [5, 5.41) is 9.18. The van der Waals surface area contributed by atoms with Crippen molar-refractivity contribution in [3.8, 4) is 0 Å². The first-order valence-corrected chi connectivity index (χ1v) is 5.84. The van der Waals surface area contributed by atoms with Crippen LogP contribution in [0.2, 0.25) is 0 Å². The number of ether oxygens (including phenoxy) is 1. The molecule has 1 saturated carbocycles. The van der Waals surface area contributed by atoms with Crippen molar-refractivity contribution in [3.63, 3.8) is 0 Å². The van der Waals surface area contributed by atoms with E-state index in [-0.39, 0.29) is 12.0 Å². The van der Waals surface area contributed by atoms with Gasteiger partial charge in [0.25, 0.3) is 0 Å². The molecule has 0 amide bonds. The fourth-order valence-corrected chi connectivity index (χ4v) is 3.53. The van der Waals surface area contributed by atoms with Gasteiger partial charge in [-0.2, -0.15) is 0 Å². The average Bonchev–Trinajstić information content (AvgIpc) is 2.60. The molecule has 1 N–H and O–H groups in total. The van der Waals surface area contributed by atoms with Crippen molar-refractivity contribution in [1.82, 2.24) is 0 Å². The van der Waals surface area contributed by atoms with Gasteiger partial charge in [-0.05, 0) is 38.0 Å². The third-order valence-electron chi connectivity index (χ3n) is 4.12. The van der Waals surface area contributed by atoms with Gasteiger partial charge in [0.1, 0.15) is 0 Å². The van der Waals surface area contributed by atoms with Crippen molar-refractivity contribution in [2.45, 2.75) is 44.3 Å². The van der Waals surface area contributed by atoms with Crippen LogP contribution in [-0.2, 0) is 9.53 Å². The zero-order chi connectivity index (χ0) is 10.4. The second-order valence-corrected chi connectivity index (χ2v) is 4.94. The maximum Gasteiger partial charge on any atom is 0.331 e. The Kier molecular flexibility index (Phi) is 2.09. The van der Waals surface area contributed by atoms with Crippen LogP contribution in [0.15, 0.2) is 11.6 Å². The topological polar surface area (TPSA) is 46.5 Å². The molecule has 1 aliphatic heterocycles. The lowest BCUT2D eigenvalue weighted by atomic mass is 9.74. The molecule has 2 bridgehead atoms. The van der Waals surface area contributed by atoms with Crippen LogP contribution in [0.25, 0.3) is 0 Å². The molecule has 0 aromatic heterocycles. The van der Waals surface area contributed by atoms with E-state index in [4.69, 9.17) is 4.74 Å². The number of fused-ring (bicyclic) bond motifs is 4. The van der Waals surface area contributed by atoms with E-state index in [1.165, 1.54) is 0 Å². The van der Waals surface area contributed by atoms with Crippen molar-refractivity contribution in [2.24, 2.45) is 11.8 Å². The number of carbonyl (C=O) groups is 1. The minimum Gasteiger partial charge on any atom is -0.478 e. The van der Waals surface area contributed by atoms with E-state index in [9.17, 15) is 9.90 Å². The normalized spacial score (nSPS) is 43.3. The molecule has 0 aromatic carbocycles. The van der Waals surface area contributed by atoms with Crippen LogP contribution in [0, 0.1) is 11.8 Å². The summed E-state index contributed by atoms with van der Waals surface area (Å²) in [5.41, 5.74) is 0.622. The van der Waals surface area contributed by atoms with Crippen LogP contribution in [0.4, 0.5) is 0 Å². The Balaban J connectivity index is 1.92. The zero-order valence-electron chi connectivity index (χ0n) is 8.69. The van der Waals surface area contributed by atoms with E-state index in [0.717, 1.165) is 32.1 Å². The lowest BCUT2D eigenvalue weighted by molar-refractivity contribution is -0.136. The smallest absolute Gasteiger partial charge is 0.331 e. The predicted molar refractivity (Wildman–Crippen MR) is 54.4 cm³/mol. The molecule has 82 valence electrons. The van der Waals surface area contributed by atoms with Crippen molar-refractivity contribution >= 4 is 5.97 Å². The number of rotatable bonds is 1. The van der Waals surface area contributed by atoms with E-state index >= 15 is 0 Å². The zero-order valence-corrected chi connectivity index (χ0v) is 8.69. The van der Waals surface area contributed by atoms with Crippen molar-refractivity contribution in [2.75, 3.05) is 0 Å². The van der Waals surface area contributed by atoms with Crippen molar-refractivity contribution in [3.05, 3.63) is 11.6 Å². The number of hydrogen-bond acceptors (Lipinski definition) is 2. The van der Waals surface area contributed by atoms with Crippen molar-refractivity contribution in [1.29, 1.82) is 0 Å². The van der Waals surface area contributed by atoms with Crippen molar-refractivity contribution < 1.29 is 14.6 Å². The molecule has 2 aliphatic carbocycles. The SMILES string of the molecule is O=C(O)C1=CCCC2OC3CCC(C3)C12. The maximum atomic E-state index is 11.2. The van der Waals surface area contributed by atoms with E-state index < -0.39 is 5.97 Å². The summed E-state index contributed by atoms with van der Waals surface area (Å²) in [7, 11) is 0. The molecule has 3 rings (SSSR count). The average molecular weight is 208 g/mol. The van der Waals surface area contributed by atoms with Crippen LogP contribution in [0.1, 0.15) is 32.1 Å². The van der Waals surface area contributed by atoms with Gasteiger partial charge in [0, 0.05) is 11.5 Å². The highest BCUT2D eigenvalue weighted by Gasteiger charge is 2.46. The van der Waals surface area contributed by atoms with Gasteiger partial charge in [-0.25, -0.2) is 4.79 Å². The number of carboxylic acid groups (broad SMARTS) is 1. The standard InChI is InChI=1S/C12H16O3/c13-12(14)9-2-1-3-10-11(9)7-4-5-8(6-7)15-10/h2,7-8,10-11H,1,3-6H2,(H,13,14). The molecule has 15 heavy (non-hydrogen) atoms. The van der Waals surface area contributed by atoms with E-state index in [0.29, 0.717) is 17.6 Å². The first-order valence-electron chi connectivity index (χ1n) is 5.84. The molecule has 4 atom stereocenters. The largest absolute Gasteiger partial charge is 0.478 e. The van der Waals surface area contributed by atoms with Crippen LogP contribution in [0.3, 0.4) is 0 Å². The fraction of sp³-hybridized carbons (Fsp3) is 0.750.